The summed E-state index contributed by atoms with van der Waals surface area (Å²) in [6, 6.07) is 2.16. The average molecular weight is 399 g/mol. The Hall–Kier alpha value is -2.73. The quantitative estimate of drug-likeness (QED) is 0.735. The first-order valence-corrected chi connectivity index (χ1v) is 10.2. The minimum absolute atomic E-state index is 0.0147. The van der Waals surface area contributed by atoms with Crippen molar-refractivity contribution in [2.75, 3.05) is 32.8 Å². The smallest absolute Gasteiger partial charge is 0.251 e. The molecule has 0 spiro atoms. The molecule has 29 heavy (non-hydrogen) atoms. The topological polar surface area (TPSA) is 109 Å². The van der Waals surface area contributed by atoms with Gasteiger partial charge in [-0.05, 0) is 25.7 Å². The minimum Gasteiger partial charge on any atom is -0.470 e. The Morgan fingerprint density at radius 1 is 1.21 bits per heavy atom. The number of carbonyl (C=O) groups excluding carboxylic acids is 2. The zero-order valence-electron chi connectivity index (χ0n) is 16.3. The number of hydrogen-bond donors (Lipinski definition) is 0. The van der Waals surface area contributed by atoms with Crippen LogP contribution in [0.15, 0.2) is 12.4 Å². The molecule has 0 N–H and O–H groups in total. The SMILES string of the molecule is N#Cc1nccnc1OC1CCCN(C(=O)C2CC(=O)N(C3CCOCC3)C2)C1. The van der Waals surface area contributed by atoms with Gasteiger partial charge in [0.2, 0.25) is 17.5 Å². The average Bonchev–Trinajstić information content (AvgIpc) is 3.16. The van der Waals surface area contributed by atoms with Crippen LogP contribution in [0.3, 0.4) is 0 Å². The van der Waals surface area contributed by atoms with Gasteiger partial charge in [0.15, 0.2) is 0 Å². The molecule has 4 heterocycles. The number of hydrogen-bond acceptors (Lipinski definition) is 7. The third-order valence-corrected chi connectivity index (χ3v) is 5.88. The number of piperidine rings is 1. The Morgan fingerprint density at radius 2 is 2.00 bits per heavy atom. The van der Waals surface area contributed by atoms with Crippen LogP contribution in [0.4, 0.5) is 0 Å². The Kier molecular flexibility index (Phi) is 5.90. The maximum atomic E-state index is 13.1. The van der Waals surface area contributed by atoms with Crippen LogP contribution >= 0.6 is 0 Å². The molecule has 2 amide bonds. The van der Waals surface area contributed by atoms with Gasteiger partial charge < -0.3 is 19.3 Å². The van der Waals surface area contributed by atoms with Crippen LogP contribution in [0.5, 0.6) is 5.88 Å². The fourth-order valence-electron chi connectivity index (χ4n) is 4.39. The van der Waals surface area contributed by atoms with Crippen molar-refractivity contribution in [3.8, 4) is 11.9 Å². The lowest BCUT2D eigenvalue weighted by Gasteiger charge is -2.34. The van der Waals surface area contributed by atoms with Crippen LogP contribution in [0.1, 0.15) is 37.8 Å². The molecule has 154 valence electrons. The third-order valence-electron chi connectivity index (χ3n) is 5.88. The van der Waals surface area contributed by atoms with Crippen LogP contribution in [-0.2, 0) is 14.3 Å². The number of carbonyl (C=O) groups is 2. The molecule has 0 aromatic carbocycles. The Bertz CT molecular complexity index is 804. The highest BCUT2D eigenvalue weighted by molar-refractivity contribution is 5.89. The van der Waals surface area contributed by atoms with E-state index in [-0.39, 0.29) is 47.9 Å². The van der Waals surface area contributed by atoms with Gasteiger partial charge in [0.1, 0.15) is 12.2 Å². The van der Waals surface area contributed by atoms with E-state index in [9.17, 15) is 9.59 Å². The van der Waals surface area contributed by atoms with E-state index in [0.717, 1.165) is 25.7 Å². The van der Waals surface area contributed by atoms with Crippen molar-refractivity contribution in [2.45, 2.75) is 44.2 Å². The molecular weight excluding hydrogens is 374 g/mol. The van der Waals surface area contributed by atoms with E-state index in [0.29, 0.717) is 32.8 Å². The number of ether oxygens (including phenoxy) is 2. The fourth-order valence-corrected chi connectivity index (χ4v) is 4.39. The van der Waals surface area contributed by atoms with E-state index in [1.54, 1.807) is 4.90 Å². The number of nitriles is 1. The van der Waals surface area contributed by atoms with Crippen LogP contribution in [-0.4, -0.2) is 76.6 Å². The van der Waals surface area contributed by atoms with E-state index in [4.69, 9.17) is 14.7 Å². The molecule has 0 saturated carbocycles. The molecule has 1 aromatic heterocycles. The molecule has 3 saturated heterocycles. The second-order valence-electron chi connectivity index (χ2n) is 7.78. The highest BCUT2D eigenvalue weighted by Crippen LogP contribution is 2.27. The number of nitrogens with zero attached hydrogens (tertiary/aromatic N) is 5. The molecule has 9 heteroatoms. The molecule has 2 atom stereocenters. The van der Waals surface area contributed by atoms with Gasteiger partial charge in [-0.15, -0.1) is 0 Å². The summed E-state index contributed by atoms with van der Waals surface area (Å²) in [5.74, 6) is -0.00883. The van der Waals surface area contributed by atoms with Gasteiger partial charge in [-0.3, -0.25) is 9.59 Å². The normalized spacial score (nSPS) is 25.7. The summed E-state index contributed by atoms with van der Waals surface area (Å²) in [6.45, 7) is 2.93. The largest absolute Gasteiger partial charge is 0.470 e. The first kappa shape index (κ1) is 19.6. The van der Waals surface area contributed by atoms with Gasteiger partial charge in [0.25, 0.3) is 5.88 Å². The summed E-state index contributed by atoms with van der Waals surface area (Å²) in [5.41, 5.74) is 0.143. The summed E-state index contributed by atoms with van der Waals surface area (Å²) < 4.78 is 11.3. The van der Waals surface area contributed by atoms with E-state index < -0.39 is 0 Å². The van der Waals surface area contributed by atoms with Crippen molar-refractivity contribution in [1.29, 1.82) is 5.26 Å². The molecular formula is C20H25N5O4. The maximum Gasteiger partial charge on any atom is 0.251 e. The molecule has 3 aliphatic heterocycles. The predicted octanol–water partition coefficient (Wildman–Crippen LogP) is 0.746. The summed E-state index contributed by atoms with van der Waals surface area (Å²) in [6.07, 6.45) is 6.24. The first-order valence-electron chi connectivity index (χ1n) is 10.2. The lowest BCUT2D eigenvalue weighted by atomic mass is 10.0. The van der Waals surface area contributed by atoms with E-state index >= 15 is 0 Å². The molecule has 1 aromatic rings. The highest BCUT2D eigenvalue weighted by Gasteiger charge is 2.40. The Balaban J connectivity index is 1.36. The van der Waals surface area contributed by atoms with E-state index in [2.05, 4.69) is 9.97 Å². The Labute approximate surface area is 169 Å². The molecule has 3 fully saturated rings. The fraction of sp³-hybridized carbons (Fsp3) is 0.650. The van der Waals surface area contributed by atoms with Gasteiger partial charge in [0.05, 0.1) is 12.5 Å². The number of likely N-dealkylation sites (tertiary alicyclic amines) is 2. The Morgan fingerprint density at radius 3 is 2.79 bits per heavy atom. The minimum atomic E-state index is -0.296. The summed E-state index contributed by atoms with van der Waals surface area (Å²) >= 11 is 0. The van der Waals surface area contributed by atoms with Gasteiger partial charge in [0, 0.05) is 51.2 Å². The molecule has 9 nitrogen and oxygen atoms in total. The van der Waals surface area contributed by atoms with Crippen LogP contribution in [0, 0.1) is 17.2 Å². The van der Waals surface area contributed by atoms with E-state index in [1.165, 1.54) is 12.4 Å². The summed E-state index contributed by atoms with van der Waals surface area (Å²) in [7, 11) is 0. The van der Waals surface area contributed by atoms with Crippen LogP contribution in [0.25, 0.3) is 0 Å². The van der Waals surface area contributed by atoms with E-state index in [1.807, 2.05) is 11.0 Å². The molecule has 0 bridgehead atoms. The molecule has 4 rings (SSSR count). The number of amides is 2. The zero-order valence-corrected chi connectivity index (χ0v) is 16.3. The molecule has 3 aliphatic rings. The van der Waals surface area contributed by atoms with Gasteiger partial charge in [-0.1, -0.05) is 0 Å². The molecule has 0 aliphatic carbocycles. The van der Waals surface area contributed by atoms with Crippen molar-refractivity contribution in [2.24, 2.45) is 5.92 Å². The highest BCUT2D eigenvalue weighted by atomic mass is 16.5. The third kappa shape index (κ3) is 4.32. The second kappa shape index (κ2) is 8.74. The second-order valence-corrected chi connectivity index (χ2v) is 7.78. The first-order chi connectivity index (χ1) is 14.2. The molecule has 2 unspecified atom stereocenters. The maximum absolute atomic E-state index is 13.1. The van der Waals surface area contributed by atoms with Crippen molar-refractivity contribution < 1.29 is 19.1 Å². The molecule has 0 radical (unpaired) electrons. The van der Waals surface area contributed by atoms with Crippen LogP contribution < -0.4 is 4.74 Å². The number of rotatable bonds is 4. The predicted molar refractivity (Wildman–Crippen MR) is 101 cm³/mol. The standard InChI is InChI=1S/C20H25N5O4/c21-11-17-19(23-6-5-22-17)29-16-2-1-7-24(13-16)20(27)14-10-18(26)25(12-14)15-3-8-28-9-4-15/h5-6,14-16H,1-4,7-10,12-13H2. The van der Waals surface area contributed by atoms with Crippen molar-refractivity contribution in [3.63, 3.8) is 0 Å². The monoisotopic (exact) mass is 399 g/mol. The summed E-state index contributed by atoms with van der Waals surface area (Å²) in [4.78, 5) is 37.3. The zero-order chi connectivity index (χ0) is 20.2. The van der Waals surface area contributed by atoms with Gasteiger partial charge in [-0.25, -0.2) is 9.97 Å². The lowest BCUT2D eigenvalue weighted by Crippen LogP contribution is -2.47. The van der Waals surface area contributed by atoms with Crippen molar-refractivity contribution in [1.82, 2.24) is 19.8 Å². The van der Waals surface area contributed by atoms with Crippen molar-refractivity contribution in [3.05, 3.63) is 18.1 Å². The van der Waals surface area contributed by atoms with Gasteiger partial charge in [-0.2, -0.15) is 5.26 Å². The lowest BCUT2D eigenvalue weighted by molar-refractivity contribution is -0.138. The van der Waals surface area contributed by atoms with Crippen LogP contribution in [0.2, 0.25) is 0 Å². The van der Waals surface area contributed by atoms with Gasteiger partial charge >= 0.3 is 0 Å². The van der Waals surface area contributed by atoms with Crippen molar-refractivity contribution >= 4 is 11.8 Å². The number of aromatic nitrogens is 2. The summed E-state index contributed by atoms with van der Waals surface area (Å²) in [5, 5.41) is 9.15.